The van der Waals surface area contributed by atoms with Gasteiger partial charge in [-0.1, -0.05) is 19.4 Å². The van der Waals surface area contributed by atoms with E-state index < -0.39 is 0 Å². The summed E-state index contributed by atoms with van der Waals surface area (Å²) in [7, 11) is 1.64. The number of hydrogen-bond acceptors (Lipinski definition) is 3. The van der Waals surface area contributed by atoms with Gasteiger partial charge in [-0.2, -0.15) is 4.98 Å². The summed E-state index contributed by atoms with van der Waals surface area (Å²) in [5.41, 5.74) is 1.06. The van der Waals surface area contributed by atoms with Crippen LogP contribution in [0.4, 0.5) is 5.82 Å². The molecule has 0 aliphatic heterocycles. The minimum atomic E-state index is 0.700. The molecule has 1 heterocycles. The minimum Gasteiger partial charge on any atom is -0.481 e. The van der Waals surface area contributed by atoms with Gasteiger partial charge < -0.3 is 10.1 Å². The summed E-state index contributed by atoms with van der Waals surface area (Å²) < 4.78 is 5.14. The van der Waals surface area contributed by atoms with E-state index in [-0.39, 0.29) is 0 Å². The third-order valence-electron chi connectivity index (χ3n) is 2.08. The van der Waals surface area contributed by atoms with Crippen molar-refractivity contribution in [3.8, 4) is 5.88 Å². The van der Waals surface area contributed by atoms with Gasteiger partial charge in [0.2, 0.25) is 5.88 Å². The average Bonchev–Trinajstić information content (AvgIpc) is 2.21. The number of rotatable bonds is 5. The molecule has 0 radical (unpaired) electrons. The molecule has 3 nitrogen and oxygen atoms in total. The van der Waals surface area contributed by atoms with Gasteiger partial charge >= 0.3 is 0 Å². The predicted octanol–water partition coefficient (Wildman–Crippen LogP) is 2.61. The van der Waals surface area contributed by atoms with Crippen molar-refractivity contribution in [1.82, 2.24) is 4.98 Å². The molecule has 0 unspecified atom stereocenters. The number of nitrogens with one attached hydrogen (secondary N) is 1. The van der Waals surface area contributed by atoms with Gasteiger partial charge in [0.25, 0.3) is 0 Å². The molecule has 78 valence electrons. The van der Waals surface area contributed by atoms with Crippen LogP contribution in [-0.2, 0) is 0 Å². The first-order chi connectivity index (χ1) is 6.77. The van der Waals surface area contributed by atoms with Crippen molar-refractivity contribution in [3.63, 3.8) is 0 Å². The standard InChI is InChI=1S/C11H18N2O/c1-4-5-8-12-10-7-6-9(2)11(13-10)14-3/h6-7H,4-5,8H2,1-3H3,(H,12,13). The zero-order valence-electron chi connectivity index (χ0n) is 9.13. The number of aryl methyl sites for hydroxylation is 1. The van der Waals surface area contributed by atoms with E-state index >= 15 is 0 Å². The lowest BCUT2D eigenvalue weighted by Gasteiger charge is -2.07. The molecule has 14 heavy (non-hydrogen) atoms. The summed E-state index contributed by atoms with van der Waals surface area (Å²) in [5, 5.41) is 3.26. The maximum atomic E-state index is 5.14. The third kappa shape index (κ3) is 2.91. The lowest BCUT2D eigenvalue weighted by atomic mass is 10.3. The maximum Gasteiger partial charge on any atom is 0.217 e. The smallest absolute Gasteiger partial charge is 0.217 e. The fourth-order valence-electron chi connectivity index (χ4n) is 1.21. The summed E-state index contributed by atoms with van der Waals surface area (Å²) in [5.74, 6) is 1.59. The lowest BCUT2D eigenvalue weighted by molar-refractivity contribution is 0.395. The summed E-state index contributed by atoms with van der Waals surface area (Å²) >= 11 is 0. The van der Waals surface area contributed by atoms with Crippen LogP contribution in [0.15, 0.2) is 12.1 Å². The second-order valence-corrected chi connectivity index (χ2v) is 3.30. The van der Waals surface area contributed by atoms with E-state index in [0.717, 1.165) is 24.3 Å². The molecule has 1 rings (SSSR count). The van der Waals surface area contributed by atoms with E-state index in [9.17, 15) is 0 Å². The molecule has 0 aromatic carbocycles. The fourth-order valence-corrected chi connectivity index (χ4v) is 1.21. The fraction of sp³-hybridized carbons (Fsp3) is 0.545. The Hall–Kier alpha value is -1.25. The Bertz CT molecular complexity index is 287. The number of anilines is 1. The number of aromatic nitrogens is 1. The molecule has 0 amide bonds. The summed E-state index contributed by atoms with van der Waals surface area (Å²) in [6.07, 6.45) is 2.36. The van der Waals surface area contributed by atoms with Crippen molar-refractivity contribution in [3.05, 3.63) is 17.7 Å². The number of nitrogens with zero attached hydrogens (tertiary/aromatic N) is 1. The highest BCUT2D eigenvalue weighted by molar-refractivity contribution is 5.40. The Kier molecular flexibility index (Phi) is 4.23. The Balaban J connectivity index is 2.60. The molecule has 1 N–H and O–H groups in total. The van der Waals surface area contributed by atoms with Crippen molar-refractivity contribution in [2.75, 3.05) is 19.0 Å². The van der Waals surface area contributed by atoms with Gasteiger partial charge in [-0.3, -0.25) is 0 Å². The molecule has 0 spiro atoms. The van der Waals surface area contributed by atoms with Gasteiger partial charge in [-0.15, -0.1) is 0 Å². The predicted molar refractivity (Wildman–Crippen MR) is 58.9 cm³/mol. The van der Waals surface area contributed by atoms with Crippen molar-refractivity contribution >= 4 is 5.82 Å². The van der Waals surface area contributed by atoms with Crippen molar-refractivity contribution in [1.29, 1.82) is 0 Å². The average molecular weight is 194 g/mol. The first-order valence-corrected chi connectivity index (χ1v) is 5.03. The Morgan fingerprint density at radius 3 is 2.86 bits per heavy atom. The highest BCUT2D eigenvalue weighted by Gasteiger charge is 2.00. The molecule has 1 aromatic rings. The zero-order valence-corrected chi connectivity index (χ0v) is 9.13. The molecule has 3 heteroatoms. The number of unbranched alkanes of at least 4 members (excludes halogenated alkanes) is 1. The second kappa shape index (κ2) is 5.47. The van der Waals surface area contributed by atoms with E-state index in [4.69, 9.17) is 4.74 Å². The monoisotopic (exact) mass is 194 g/mol. The van der Waals surface area contributed by atoms with Crippen LogP contribution in [0.1, 0.15) is 25.3 Å². The molecule has 0 saturated heterocycles. The number of pyridine rings is 1. The van der Waals surface area contributed by atoms with Gasteiger partial charge in [-0.05, 0) is 19.4 Å². The van der Waals surface area contributed by atoms with Crippen LogP contribution >= 0.6 is 0 Å². The van der Waals surface area contributed by atoms with Crippen LogP contribution in [0.25, 0.3) is 0 Å². The molecule has 0 saturated carbocycles. The Labute approximate surface area is 85.5 Å². The largest absolute Gasteiger partial charge is 0.481 e. The van der Waals surface area contributed by atoms with E-state index in [1.54, 1.807) is 7.11 Å². The first kappa shape index (κ1) is 10.8. The van der Waals surface area contributed by atoms with Crippen LogP contribution in [0.5, 0.6) is 5.88 Å². The van der Waals surface area contributed by atoms with Gasteiger partial charge in [0.05, 0.1) is 7.11 Å². The Morgan fingerprint density at radius 1 is 1.43 bits per heavy atom. The molecule has 0 aliphatic carbocycles. The quantitative estimate of drug-likeness (QED) is 0.732. The van der Waals surface area contributed by atoms with Crippen LogP contribution in [0, 0.1) is 6.92 Å². The molecule has 1 aromatic heterocycles. The normalized spacial score (nSPS) is 9.93. The van der Waals surface area contributed by atoms with E-state index in [1.807, 2.05) is 19.1 Å². The van der Waals surface area contributed by atoms with Gasteiger partial charge in [0.1, 0.15) is 5.82 Å². The van der Waals surface area contributed by atoms with Crippen molar-refractivity contribution < 1.29 is 4.74 Å². The van der Waals surface area contributed by atoms with Gasteiger partial charge in [0.15, 0.2) is 0 Å². The number of ether oxygens (including phenoxy) is 1. The SMILES string of the molecule is CCCCNc1ccc(C)c(OC)n1. The third-order valence-corrected chi connectivity index (χ3v) is 2.08. The molecular formula is C11H18N2O. The Morgan fingerprint density at radius 2 is 2.21 bits per heavy atom. The minimum absolute atomic E-state index is 0.700. The van der Waals surface area contributed by atoms with Crippen LogP contribution in [0.2, 0.25) is 0 Å². The first-order valence-electron chi connectivity index (χ1n) is 5.03. The highest BCUT2D eigenvalue weighted by Crippen LogP contribution is 2.16. The number of methoxy groups -OCH3 is 1. The van der Waals surface area contributed by atoms with Crippen molar-refractivity contribution in [2.45, 2.75) is 26.7 Å². The molecule has 0 fully saturated rings. The maximum absolute atomic E-state index is 5.14. The van der Waals surface area contributed by atoms with Gasteiger partial charge in [-0.25, -0.2) is 0 Å². The molecule has 0 atom stereocenters. The van der Waals surface area contributed by atoms with Crippen LogP contribution in [-0.4, -0.2) is 18.6 Å². The second-order valence-electron chi connectivity index (χ2n) is 3.30. The lowest BCUT2D eigenvalue weighted by Crippen LogP contribution is -2.03. The molecule has 0 aliphatic rings. The number of hydrogen-bond donors (Lipinski definition) is 1. The van der Waals surface area contributed by atoms with E-state index in [1.165, 1.54) is 6.42 Å². The summed E-state index contributed by atoms with van der Waals surface area (Å²) in [4.78, 5) is 4.33. The summed E-state index contributed by atoms with van der Waals surface area (Å²) in [6.45, 7) is 5.13. The highest BCUT2D eigenvalue weighted by atomic mass is 16.5. The van der Waals surface area contributed by atoms with Gasteiger partial charge in [0, 0.05) is 12.1 Å². The van der Waals surface area contributed by atoms with Crippen molar-refractivity contribution in [2.24, 2.45) is 0 Å². The van der Waals surface area contributed by atoms with Crippen LogP contribution < -0.4 is 10.1 Å². The zero-order chi connectivity index (χ0) is 10.4. The molecule has 0 bridgehead atoms. The van der Waals surface area contributed by atoms with E-state index in [2.05, 4.69) is 17.2 Å². The topological polar surface area (TPSA) is 34.1 Å². The molecular weight excluding hydrogens is 176 g/mol. The summed E-state index contributed by atoms with van der Waals surface area (Å²) in [6, 6.07) is 3.99. The van der Waals surface area contributed by atoms with Crippen LogP contribution in [0.3, 0.4) is 0 Å². The van der Waals surface area contributed by atoms with E-state index in [0.29, 0.717) is 5.88 Å².